The molecule has 1 aromatic rings. The van der Waals surface area contributed by atoms with Gasteiger partial charge in [-0.25, -0.2) is 0 Å². The molecule has 4 bridgehead atoms. The van der Waals surface area contributed by atoms with Crippen LogP contribution in [0, 0.1) is 17.8 Å². The van der Waals surface area contributed by atoms with Crippen molar-refractivity contribution in [3.05, 3.63) is 35.4 Å². The summed E-state index contributed by atoms with van der Waals surface area (Å²) in [4.78, 5) is 0. The van der Waals surface area contributed by atoms with Crippen LogP contribution in [0.3, 0.4) is 0 Å². The van der Waals surface area contributed by atoms with Gasteiger partial charge in [0.25, 0.3) is 0 Å². The highest BCUT2D eigenvalue weighted by atomic mass is 16.5. The summed E-state index contributed by atoms with van der Waals surface area (Å²) in [6.45, 7) is 0. The minimum Gasteiger partial charge on any atom is -0.377 e. The first-order valence-corrected chi connectivity index (χ1v) is 7.50. The van der Waals surface area contributed by atoms with Crippen molar-refractivity contribution in [1.29, 1.82) is 0 Å². The molecule has 1 aromatic carbocycles. The molecule has 0 spiro atoms. The zero-order valence-electron chi connectivity index (χ0n) is 10.9. The Morgan fingerprint density at radius 3 is 2.78 bits per heavy atom. The number of benzene rings is 1. The Hall–Kier alpha value is -0.820. The highest BCUT2D eigenvalue weighted by molar-refractivity contribution is 5.48. The molecular weight excluding hydrogens is 220 g/mol. The monoisotopic (exact) mass is 240 g/mol. The van der Waals surface area contributed by atoms with Crippen molar-refractivity contribution in [1.82, 2.24) is 0 Å². The molecule has 1 heteroatoms. The SMILES string of the molecule is CO[C@]12[C@H]3CC[C@@H](C3)[C@H]1[C@H]1C[C@H]2c2ccccc21. The number of ether oxygens (including phenoxy) is 1. The molecule has 0 radical (unpaired) electrons. The second-order valence-corrected chi connectivity index (χ2v) is 6.88. The van der Waals surface area contributed by atoms with Gasteiger partial charge in [0.1, 0.15) is 0 Å². The second kappa shape index (κ2) is 3.01. The summed E-state index contributed by atoms with van der Waals surface area (Å²) in [5.74, 6) is 4.14. The molecule has 0 aromatic heterocycles. The molecule has 0 saturated heterocycles. The van der Waals surface area contributed by atoms with Gasteiger partial charge in [0.15, 0.2) is 0 Å². The van der Waals surface area contributed by atoms with E-state index in [1.807, 2.05) is 7.11 Å². The summed E-state index contributed by atoms with van der Waals surface area (Å²) in [6.07, 6.45) is 5.69. The molecule has 4 aliphatic rings. The third kappa shape index (κ3) is 0.843. The van der Waals surface area contributed by atoms with Gasteiger partial charge in [0, 0.05) is 13.0 Å². The van der Waals surface area contributed by atoms with Crippen molar-refractivity contribution in [2.75, 3.05) is 7.11 Å². The third-order valence-corrected chi connectivity index (χ3v) is 6.73. The Kier molecular flexibility index (Phi) is 1.68. The van der Waals surface area contributed by atoms with E-state index >= 15 is 0 Å². The van der Waals surface area contributed by atoms with Gasteiger partial charge in [0.2, 0.25) is 0 Å². The number of rotatable bonds is 1. The molecule has 5 rings (SSSR count). The van der Waals surface area contributed by atoms with Crippen LogP contribution in [-0.2, 0) is 4.74 Å². The van der Waals surface area contributed by atoms with Crippen molar-refractivity contribution in [2.45, 2.75) is 43.1 Å². The lowest BCUT2D eigenvalue weighted by molar-refractivity contribution is -0.0949. The third-order valence-electron chi connectivity index (χ3n) is 6.73. The van der Waals surface area contributed by atoms with Crippen LogP contribution in [0.1, 0.15) is 48.6 Å². The fourth-order valence-electron chi connectivity index (χ4n) is 6.44. The van der Waals surface area contributed by atoms with Gasteiger partial charge in [-0.05, 0) is 60.5 Å². The number of hydrogen-bond donors (Lipinski definition) is 0. The lowest BCUT2D eigenvalue weighted by Crippen LogP contribution is -2.48. The van der Waals surface area contributed by atoms with E-state index in [0.717, 1.165) is 23.7 Å². The van der Waals surface area contributed by atoms with E-state index in [1.165, 1.54) is 25.7 Å². The van der Waals surface area contributed by atoms with Crippen LogP contribution in [-0.4, -0.2) is 12.7 Å². The molecule has 3 saturated carbocycles. The number of fused-ring (bicyclic) bond motifs is 12. The van der Waals surface area contributed by atoms with Gasteiger partial charge in [-0.15, -0.1) is 0 Å². The first kappa shape index (κ1) is 10.0. The zero-order chi connectivity index (χ0) is 11.9. The fraction of sp³-hybridized carbons (Fsp3) is 0.647. The van der Waals surface area contributed by atoms with Gasteiger partial charge in [-0.1, -0.05) is 24.3 Å². The first-order valence-electron chi connectivity index (χ1n) is 7.50. The normalized spacial score (nSPS) is 50.6. The van der Waals surface area contributed by atoms with Gasteiger partial charge >= 0.3 is 0 Å². The Morgan fingerprint density at radius 2 is 1.94 bits per heavy atom. The lowest BCUT2D eigenvalue weighted by Gasteiger charge is -2.46. The van der Waals surface area contributed by atoms with E-state index in [1.54, 1.807) is 11.1 Å². The molecule has 94 valence electrons. The van der Waals surface area contributed by atoms with Crippen LogP contribution in [0.5, 0.6) is 0 Å². The molecular formula is C17H20O. The Labute approximate surface area is 109 Å². The average molecular weight is 240 g/mol. The Bertz CT molecular complexity index is 522. The largest absolute Gasteiger partial charge is 0.377 e. The summed E-state index contributed by atoms with van der Waals surface area (Å²) in [5, 5.41) is 0. The van der Waals surface area contributed by atoms with E-state index < -0.39 is 0 Å². The van der Waals surface area contributed by atoms with Crippen molar-refractivity contribution >= 4 is 0 Å². The molecule has 6 atom stereocenters. The Morgan fingerprint density at radius 1 is 1.11 bits per heavy atom. The van der Waals surface area contributed by atoms with Crippen molar-refractivity contribution in [3.8, 4) is 0 Å². The maximum Gasteiger partial charge on any atom is 0.0811 e. The van der Waals surface area contributed by atoms with E-state index in [4.69, 9.17) is 4.74 Å². The molecule has 0 N–H and O–H groups in total. The lowest BCUT2D eigenvalue weighted by atomic mass is 9.65. The van der Waals surface area contributed by atoms with Crippen molar-refractivity contribution in [3.63, 3.8) is 0 Å². The van der Waals surface area contributed by atoms with Crippen LogP contribution >= 0.6 is 0 Å². The van der Waals surface area contributed by atoms with Crippen LogP contribution in [0.15, 0.2) is 24.3 Å². The average Bonchev–Trinajstić information content (AvgIpc) is 3.15. The summed E-state index contributed by atoms with van der Waals surface area (Å²) < 4.78 is 6.25. The van der Waals surface area contributed by atoms with E-state index in [9.17, 15) is 0 Å². The standard InChI is InChI=1S/C17H20O/c1-18-17-11-7-6-10(8-11)16(17)14-9-15(17)13-5-3-2-4-12(13)14/h2-5,10-11,14-16H,6-9H2,1H3/t10-,11-,14-,15-,16-,17-/m0/s1. The topological polar surface area (TPSA) is 9.23 Å². The molecule has 4 aliphatic carbocycles. The van der Waals surface area contributed by atoms with E-state index in [-0.39, 0.29) is 5.60 Å². The zero-order valence-corrected chi connectivity index (χ0v) is 10.9. The number of methoxy groups -OCH3 is 1. The fourth-order valence-corrected chi connectivity index (χ4v) is 6.44. The van der Waals surface area contributed by atoms with Gasteiger partial charge in [-0.3, -0.25) is 0 Å². The Balaban J connectivity index is 1.75. The molecule has 0 amide bonds. The molecule has 1 nitrogen and oxygen atoms in total. The minimum absolute atomic E-state index is 0.224. The predicted molar refractivity (Wildman–Crippen MR) is 70.6 cm³/mol. The summed E-state index contributed by atoms with van der Waals surface area (Å²) in [7, 11) is 1.98. The molecule has 18 heavy (non-hydrogen) atoms. The summed E-state index contributed by atoms with van der Waals surface area (Å²) >= 11 is 0. The highest BCUT2D eigenvalue weighted by Crippen LogP contribution is 2.74. The smallest absolute Gasteiger partial charge is 0.0811 e. The molecule has 0 unspecified atom stereocenters. The first-order chi connectivity index (χ1) is 8.86. The maximum atomic E-state index is 6.25. The molecule has 0 heterocycles. The van der Waals surface area contributed by atoms with E-state index in [0.29, 0.717) is 5.92 Å². The summed E-state index contributed by atoms with van der Waals surface area (Å²) in [6, 6.07) is 9.18. The quantitative estimate of drug-likeness (QED) is 0.680. The van der Waals surface area contributed by atoms with Crippen molar-refractivity contribution in [2.24, 2.45) is 17.8 Å². The van der Waals surface area contributed by atoms with Gasteiger partial charge < -0.3 is 4.74 Å². The van der Waals surface area contributed by atoms with Gasteiger partial charge in [0.05, 0.1) is 5.60 Å². The molecule has 3 fully saturated rings. The second-order valence-electron chi connectivity index (χ2n) is 6.88. The van der Waals surface area contributed by atoms with Crippen LogP contribution in [0.2, 0.25) is 0 Å². The highest BCUT2D eigenvalue weighted by Gasteiger charge is 2.70. The predicted octanol–water partition coefficient (Wildman–Crippen LogP) is 3.70. The van der Waals surface area contributed by atoms with Crippen LogP contribution < -0.4 is 0 Å². The van der Waals surface area contributed by atoms with Gasteiger partial charge in [-0.2, -0.15) is 0 Å². The van der Waals surface area contributed by atoms with E-state index in [2.05, 4.69) is 24.3 Å². The minimum atomic E-state index is 0.224. The number of hydrogen-bond acceptors (Lipinski definition) is 1. The van der Waals surface area contributed by atoms with Crippen molar-refractivity contribution < 1.29 is 4.74 Å². The van der Waals surface area contributed by atoms with Crippen LogP contribution in [0.25, 0.3) is 0 Å². The molecule has 0 aliphatic heterocycles. The maximum absolute atomic E-state index is 6.25. The van der Waals surface area contributed by atoms with Crippen LogP contribution in [0.4, 0.5) is 0 Å². The summed E-state index contributed by atoms with van der Waals surface area (Å²) in [5.41, 5.74) is 3.50.